The van der Waals surface area contributed by atoms with Gasteiger partial charge in [0.25, 0.3) is 0 Å². The first-order chi connectivity index (χ1) is 6.68. The summed E-state index contributed by atoms with van der Waals surface area (Å²) in [6.07, 6.45) is 1.12. The van der Waals surface area contributed by atoms with Crippen LogP contribution in [0.5, 0.6) is 0 Å². The van der Waals surface area contributed by atoms with E-state index in [0.717, 1.165) is 0 Å². The van der Waals surface area contributed by atoms with Gasteiger partial charge in [-0.15, -0.1) is 0 Å². The van der Waals surface area contributed by atoms with Crippen LogP contribution in [0.15, 0.2) is 0 Å². The Balaban J connectivity index is 2.34. The number of amides is 1. The molecule has 1 aliphatic carbocycles. The molecule has 1 saturated carbocycles. The normalized spacial score (nSPS) is 31.4. The number of alkyl halides is 1. The highest BCUT2D eigenvalue weighted by Gasteiger charge is 2.36. The quantitative estimate of drug-likeness (QED) is 0.733. The van der Waals surface area contributed by atoms with Crippen LogP contribution in [0.25, 0.3) is 0 Å². The molecule has 0 aromatic carbocycles. The maximum atomic E-state index is 13.5. The molecule has 1 aliphatic rings. The summed E-state index contributed by atoms with van der Waals surface area (Å²) in [5.41, 5.74) is -1.64. The number of carbonyl (C=O) groups excluding carboxylic acids is 1. The minimum atomic E-state index is -1.14. The highest BCUT2D eigenvalue weighted by atomic mass is 19.1. The lowest BCUT2D eigenvalue weighted by atomic mass is 10.1. The lowest BCUT2D eigenvalue weighted by Crippen LogP contribution is -2.38. The molecule has 0 saturated heterocycles. The van der Waals surface area contributed by atoms with Crippen LogP contribution in [0, 0.1) is 0 Å². The Morgan fingerprint density at radius 2 is 2.13 bits per heavy atom. The maximum absolute atomic E-state index is 13.5. The molecular weight excluding hydrogens is 197 g/mol. The minimum Gasteiger partial charge on any atom is -0.444 e. The van der Waals surface area contributed by atoms with Crippen molar-refractivity contribution in [1.82, 2.24) is 5.32 Å². The number of nitrogens with one attached hydrogen (secondary N) is 1. The number of alkyl carbamates (subject to hydrolysis) is 1. The Bertz CT molecular complexity index is 245. The average Bonchev–Trinajstić information content (AvgIpc) is 2.25. The van der Waals surface area contributed by atoms with Crippen LogP contribution in [-0.4, -0.2) is 23.4 Å². The molecule has 1 rings (SSSR count). The molecule has 4 heteroatoms. The molecule has 1 N–H and O–H groups in total. The molecule has 0 bridgehead atoms. The van der Waals surface area contributed by atoms with Gasteiger partial charge in [0.1, 0.15) is 11.3 Å². The number of rotatable bonds is 1. The molecule has 1 amide bonds. The third-order valence-electron chi connectivity index (χ3n) is 2.41. The fourth-order valence-electron chi connectivity index (χ4n) is 1.79. The van der Waals surface area contributed by atoms with Gasteiger partial charge < -0.3 is 10.1 Å². The Kier molecular flexibility index (Phi) is 3.26. The van der Waals surface area contributed by atoms with Gasteiger partial charge in [0.15, 0.2) is 0 Å². The van der Waals surface area contributed by atoms with Crippen LogP contribution < -0.4 is 5.32 Å². The SMILES string of the molecule is CC1(F)CCC(NC(=O)OC(C)(C)C)C1. The second-order valence-electron chi connectivity index (χ2n) is 5.50. The summed E-state index contributed by atoms with van der Waals surface area (Å²) in [6, 6.07) is -0.0881. The third kappa shape index (κ3) is 4.49. The van der Waals surface area contributed by atoms with Crippen molar-refractivity contribution in [2.45, 2.75) is 64.3 Å². The Morgan fingerprint density at radius 3 is 2.53 bits per heavy atom. The van der Waals surface area contributed by atoms with Crippen LogP contribution in [-0.2, 0) is 4.74 Å². The second kappa shape index (κ2) is 3.99. The van der Waals surface area contributed by atoms with E-state index in [1.165, 1.54) is 0 Å². The molecule has 1 fully saturated rings. The van der Waals surface area contributed by atoms with Gasteiger partial charge in [0, 0.05) is 12.5 Å². The van der Waals surface area contributed by atoms with Crippen molar-refractivity contribution in [3.8, 4) is 0 Å². The van der Waals surface area contributed by atoms with Crippen molar-refractivity contribution in [1.29, 1.82) is 0 Å². The largest absolute Gasteiger partial charge is 0.444 e. The van der Waals surface area contributed by atoms with E-state index >= 15 is 0 Å². The van der Waals surface area contributed by atoms with Crippen molar-refractivity contribution in [2.24, 2.45) is 0 Å². The first-order valence-electron chi connectivity index (χ1n) is 5.36. The van der Waals surface area contributed by atoms with Crippen molar-refractivity contribution in [3.63, 3.8) is 0 Å². The zero-order valence-corrected chi connectivity index (χ0v) is 9.89. The van der Waals surface area contributed by atoms with Gasteiger partial charge in [-0.2, -0.15) is 0 Å². The molecule has 2 atom stereocenters. The zero-order chi connectivity index (χ0) is 11.7. The van der Waals surface area contributed by atoms with Gasteiger partial charge in [-0.3, -0.25) is 0 Å². The number of halogens is 1. The van der Waals surface area contributed by atoms with Gasteiger partial charge in [0.2, 0.25) is 0 Å². The smallest absolute Gasteiger partial charge is 0.407 e. The van der Waals surface area contributed by atoms with Crippen LogP contribution >= 0.6 is 0 Å². The topological polar surface area (TPSA) is 38.3 Å². The minimum absolute atomic E-state index is 0.0881. The molecule has 0 aliphatic heterocycles. The third-order valence-corrected chi connectivity index (χ3v) is 2.41. The summed E-state index contributed by atoms with van der Waals surface area (Å²) < 4.78 is 18.6. The first kappa shape index (κ1) is 12.3. The Hall–Kier alpha value is -0.800. The molecule has 0 aromatic heterocycles. The van der Waals surface area contributed by atoms with E-state index in [-0.39, 0.29) is 6.04 Å². The van der Waals surface area contributed by atoms with E-state index in [1.807, 2.05) is 0 Å². The van der Waals surface area contributed by atoms with E-state index in [2.05, 4.69) is 5.32 Å². The number of hydrogen-bond donors (Lipinski definition) is 1. The van der Waals surface area contributed by atoms with Crippen LogP contribution in [0.3, 0.4) is 0 Å². The zero-order valence-electron chi connectivity index (χ0n) is 9.89. The molecule has 2 unspecified atom stereocenters. The molecule has 3 nitrogen and oxygen atoms in total. The predicted molar refractivity (Wildman–Crippen MR) is 56.5 cm³/mol. The lowest BCUT2D eigenvalue weighted by molar-refractivity contribution is 0.0501. The van der Waals surface area contributed by atoms with Gasteiger partial charge >= 0.3 is 6.09 Å². The number of hydrogen-bond acceptors (Lipinski definition) is 2. The average molecular weight is 217 g/mol. The Morgan fingerprint density at radius 1 is 1.53 bits per heavy atom. The fourth-order valence-corrected chi connectivity index (χ4v) is 1.79. The molecular formula is C11H20FNO2. The monoisotopic (exact) mass is 217 g/mol. The number of carbonyl (C=O) groups is 1. The van der Waals surface area contributed by atoms with Crippen molar-refractivity contribution in [3.05, 3.63) is 0 Å². The molecule has 0 radical (unpaired) electrons. The van der Waals surface area contributed by atoms with E-state index < -0.39 is 17.4 Å². The van der Waals surface area contributed by atoms with Gasteiger partial charge in [0.05, 0.1) is 0 Å². The van der Waals surface area contributed by atoms with Crippen molar-refractivity contribution >= 4 is 6.09 Å². The molecule has 0 heterocycles. The van der Waals surface area contributed by atoms with Gasteiger partial charge in [-0.1, -0.05) is 0 Å². The van der Waals surface area contributed by atoms with E-state index in [0.29, 0.717) is 19.3 Å². The molecule has 0 aromatic rings. The summed E-state index contributed by atoms with van der Waals surface area (Å²) in [6.45, 7) is 6.99. The molecule has 0 spiro atoms. The van der Waals surface area contributed by atoms with Gasteiger partial charge in [-0.25, -0.2) is 9.18 Å². The van der Waals surface area contributed by atoms with E-state index in [9.17, 15) is 9.18 Å². The van der Waals surface area contributed by atoms with Crippen molar-refractivity contribution in [2.75, 3.05) is 0 Å². The van der Waals surface area contributed by atoms with Crippen LogP contribution in [0.4, 0.5) is 9.18 Å². The predicted octanol–water partition coefficient (Wildman–Crippen LogP) is 2.79. The fraction of sp³-hybridized carbons (Fsp3) is 0.909. The summed E-state index contributed by atoms with van der Waals surface area (Å²) in [4.78, 5) is 11.4. The number of ether oxygens (including phenoxy) is 1. The van der Waals surface area contributed by atoms with E-state index in [1.54, 1.807) is 27.7 Å². The summed E-state index contributed by atoms with van der Waals surface area (Å²) in [5, 5.41) is 2.69. The summed E-state index contributed by atoms with van der Waals surface area (Å²) in [7, 11) is 0. The van der Waals surface area contributed by atoms with E-state index in [4.69, 9.17) is 4.74 Å². The highest BCUT2D eigenvalue weighted by molar-refractivity contribution is 5.68. The molecule has 88 valence electrons. The van der Waals surface area contributed by atoms with Crippen molar-refractivity contribution < 1.29 is 13.9 Å². The highest BCUT2D eigenvalue weighted by Crippen LogP contribution is 2.32. The lowest BCUT2D eigenvalue weighted by Gasteiger charge is -2.22. The standard InChI is InChI=1S/C11H20FNO2/c1-10(2,3)15-9(14)13-8-5-6-11(4,12)7-8/h8H,5-7H2,1-4H3,(H,13,14). The van der Waals surface area contributed by atoms with Crippen LogP contribution in [0.2, 0.25) is 0 Å². The second-order valence-corrected chi connectivity index (χ2v) is 5.50. The molecule has 15 heavy (non-hydrogen) atoms. The summed E-state index contributed by atoms with van der Waals surface area (Å²) in [5.74, 6) is 0. The van der Waals surface area contributed by atoms with Crippen LogP contribution in [0.1, 0.15) is 47.0 Å². The Labute approximate surface area is 90.4 Å². The first-order valence-corrected chi connectivity index (χ1v) is 5.36. The van der Waals surface area contributed by atoms with Gasteiger partial charge in [-0.05, 0) is 40.5 Å². The maximum Gasteiger partial charge on any atom is 0.407 e. The summed E-state index contributed by atoms with van der Waals surface area (Å²) >= 11 is 0.